The Bertz CT molecular complexity index is 1600. The summed E-state index contributed by atoms with van der Waals surface area (Å²) in [4.78, 5) is 40.5. The quantitative estimate of drug-likeness (QED) is 0.283. The second kappa shape index (κ2) is 9.83. The lowest BCUT2D eigenvalue weighted by atomic mass is 10.1. The first-order valence-electron chi connectivity index (χ1n) is 11.5. The summed E-state index contributed by atoms with van der Waals surface area (Å²) in [6.07, 6.45) is 1.41. The molecule has 37 heavy (non-hydrogen) atoms. The molecule has 0 saturated carbocycles. The van der Waals surface area contributed by atoms with Crippen molar-refractivity contribution in [1.82, 2.24) is 20.0 Å². The molecule has 0 aliphatic carbocycles. The number of aromatic nitrogens is 2. The Morgan fingerprint density at radius 1 is 0.973 bits per heavy atom. The average molecular weight is 515 g/mol. The molecule has 3 amide bonds. The first kappa shape index (κ1) is 24.1. The Hall–Kier alpha value is -4.56. The van der Waals surface area contributed by atoms with Crippen molar-refractivity contribution in [3.8, 4) is 22.7 Å². The van der Waals surface area contributed by atoms with Gasteiger partial charge in [-0.3, -0.25) is 19.6 Å². The van der Waals surface area contributed by atoms with Crippen LogP contribution in [0, 0.1) is 6.92 Å². The molecule has 0 radical (unpaired) electrons. The maximum Gasteiger partial charge on any atom is 0.329 e. The van der Waals surface area contributed by atoms with Crippen LogP contribution in [0.2, 0.25) is 5.02 Å². The number of urea groups is 1. The molecule has 0 unspecified atom stereocenters. The van der Waals surface area contributed by atoms with Crippen molar-refractivity contribution in [2.75, 3.05) is 7.11 Å². The predicted molar refractivity (Wildman–Crippen MR) is 142 cm³/mol. The zero-order valence-electron chi connectivity index (χ0n) is 20.1. The van der Waals surface area contributed by atoms with Crippen LogP contribution in [-0.2, 0) is 11.3 Å². The third kappa shape index (κ3) is 4.79. The summed E-state index contributed by atoms with van der Waals surface area (Å²) in [5.41, 5.74) is 3.41. The monoisotopic (exact) mass is 514 g/mol. The Morgan fingerprint density at radius 3 is 2.46 bits per heavy atom. The number of nitrogens with one attached hydrogen (secondary N) is 2. The summed E-state index contributed by atoms with van der Waals surface area (Å²) >= 11 is 6.05. The number of carbonyl (C=O) groups is 2. The lowest BCUT2D eigenvalue weighted by Gasteiger charge is -2.11. The van der Waals surface area contributed by atoms with Gasteiger partial charge in [-0.05, 0) is 55.0 Å². The van der Waals surface area contributed by atoms with E-state index in [1.54, 1.807) is 43.5 Å². The van der Waals surface area contributed by atoms with Crippen molar-refractivity contribution in [3.63, 3.8) is 0 Å². The second-order valence-electron chi connectivity index (χ2n) is 8.62. The highest BCUT2D eigenvalue weighted by Gasteiger charge is 2.34. The number of hydrogen-bond acceptors (Lipinski definition) is 4. The number of rotatable bonds is 6. The number of hydrogen-bond donors (Lipinski definition) is 2. The summed E-state index contributed by atoms with van der Waals surface area (Å²) in [6.45, 7) is 2.01. The van der Waals surface area contributed by atoms with Crippen LogP contribution in [0.4, 0.5) is 4.79 Å². The van der Waals surface area contributed by atoms with Crippen LogP contribution >= 0.6 is 11.6 Å². The average Bonchev–Trinajstić information content (AvgIpc) is 3.35. The van der Waals surface area contributed by atoms with Gasteiger partial charge >= 0.3 is 6.03 Å². The Labute approximate surface area is 217 Å². The van der Waals surface area contributed by atoms with E-state index in [1.807, 2.05) is 43.3 Å². The molecule has 9 heteroatoms. The molecule has 2 heterocycles. The molecule has 8 nitrogen and oxygen atoms in total. The molecule has 1 aliphatic heterocycles. The highest BCUT2D eigenvalue weighted by atomic mass is 35.5. The topological polar surface area (TPSA) is 96.4 Å². The number of ether oxygens (including phenoxy) is 1. The molecule has 1 fully saturated rings. The number of halogens is 1. The van der Waals surface area contributed by atoms with Gasteiger partial charge in [-0.1, -0.05) is 53.6 Å². The van der Waals surface area contributed by atoms with Gasteiger partial charge in [-0.15, -0.1) is 0 Å². The van der Waals surface area contributed by atoms with Crippen LogP contribution in [-0.4, -0.2) is 33.7 Å². The Kier molecular flexibility index (Phi) is 6.42. The molecule has 2 N–H and O–H groups in total. The van der Waals surface area contributed by atoms with Gasteiger partial charge in [0, 0.05) is 10.6 Å². The van der Waals surface area contributed by atoms with Gasteiger partial charge in [0.2, 0.25) is 0 Å². The molecule has 186 valence electrons. The predicted octanol–water partition coefficient (Wildman–Crippen LogP) is 4.90. The van der Waals surface area contributed by atoms with E-state index < -0.39 is 11.9 Å². The summed E-state index contributed by atoms with van der Waals surface area (Å²) in [5.74, 6) is 0.0713. The van der Waals surface area contributed by atoms with Crippen molar-refractivity contribution in [2.45, 2.75) is 13.5 Å². The maximum absolute atomic E-state index is 13.6. The van der Waals surface area contributed by atoms with Gasteiger partial charge in [0.05, 0.1) is 30.6 Å². The number of aromatic amines is 1. The van der Waals surface area contributed by atoms with E-state index in [4.69, 9.17) is 16.3 Å². The summed E-state index contributed by atoms with van der Waals surface area (Å²) in [5, 5.41) is 6.27. The fourth-order valence-electron chi connectivity index (χ4n) is 4.14. The lowest BCUT2D eigenvalue weighted by molar-refractivity contribution is -0.123. The van der Waals surface area contributed by atoms with E-state index in [-0.39, 0.29) is 23.4 Å². The third-order valence-electron chi connectivity index (χ3n) is 6.06. The number of aryl methyl sites for hydroxylation is 1. The molecule has 1 aliphatic rings. The zero-order valence-corrected chi connectivity index (χ0v) is 20.9. The SMILES string of the molecule is COc1cccc(-c2[nH]n(-c3ccc(C)cc3)c(=O)c2C=C2NC(=O)N(Cc3cccc(Cl)c3)C2=O)c1. The first-order valence-corrected chi connectivity index (χ1v) is 11.9. The molecule has 5 rings (SSSR count). The van der Waals surface area contributed by atoms with E-state index in [9.17, 15) is 14.4 Å². The van der Waals surface area contributed by atoms with Gasteiger partial charge in [0.25, 0.3) is 11.5 Å². The van der Waals surface area contributed by atoms with Crippen LogP contribution in [0.3, 0.4) is 0 Å². The van der Waals surface area contributed by atoms with E-state index >= 15 is 0 Å². The van der Waals surface area contributed by atoms with Crippen molar-refractivity contribution in [1.29, 1.82) is 0 Å². The van der Waals surface area contributed by atoms with E-state index in [2.05, 4.69) is 10.4 Å². The van der Waals surface area contributed by atoms with Crippen LogP contribution in [0.1, 0.15) is 16.7 Å². The highest BCUT2D eigenvalue weighted by Crippen LogP contribution is 2.27. The molecular formula is C28H23ClN4O4. The lowest BCUT2D eigenvalue weighted by Crippen LogP contribution is -2.30. The maximum atomic E-state index is 13.6. The number of methoxy groups -OCH3 is 1. The van der Waals surface area contributed by atoms with Crippen LogP contribution in [0.5, 0.6) is 5.75 Å². The van der Waals surface area contributed by atoms with Gasteiger partial charge in [-0.2, -0.15) is 0 Å². The number of carbonyl (C=O) groups excluding carboxylic acids is 2. The number of benzene rings is 3. The first-order chi connectivity index (χ1) is 17.8. The minimum atomic E-state index is -0.575. The summed E-state index contributed by atoms with van der Waals surface area (Å²) in [6, 6.07) is 21.0. The van der Waals surface area contributed by atoms with Crippen LogP contribution in [0.25, 0.3) is 23.0 Å². The molecule has 0 bridgehead atoms. The van der Waals surface area contributed by atoms with Crippen molar-refractivity contribution < 1.29 is 14.3 Å². The van der Waals surface area contributed by atoms with Crippen molar-refractivity contribution in [3.05, 3.63) is 111 Å². The molecule has 3 aromatic carbocycles. The van der Waals surface area contributed by atoms with E-state index in [0.29, 0.717) is 33.3 Å². The van der Waals surface area contributed by atoms with Gasteiger partial charge in [-0.25, -0.2) is 9.48 Å². The molecule has 4 aromatic rings. The summed E-state index contributed by atoms with van der Waals surface area (Å²) < 4.78 is 6.76. The second-order valence-corrected chi connectivity index (χ2v) is 9.05. The van der Waals surface area contributed by atoms with Crippen molar-refractivity contribution >= 4 is 29.6 Å². The fraction of sp³-hybridized carbons (Fsp3) is 0.107. The van der Waals surface area contributed by atoms with Gasteiger partial charge in [0.15, 0.2) is 0 Å². The standard InChI is InChI=1S/C28H23ClN4O4/c1-17-9-11-21(12-10-17)33-26(34)23(25(31-33)19-6-4-8-22(14-19)37-2)15-24-27(35)32(28(36)30-24)16-18-5-3-7-20(29)13-18/h3-15,31H,16H2,1-2H3,(H,30,36). The molecule has 0 atom stereocenters. The van der Waals surface area contributed by atoms with Crippen LogP contribution in [0.15, 0.2) is 83.3 Å². The normalized spacial score (nSPS) is 14.4. The number of amides is 3. The van der Waals surface area contributed by atoms with Crippen LogP contribution < -0.4 is 15.6 Å². The molecule has 1 saturated heterocycles. The largest absolute Gasteiger partial charge is 0.497 e. The van der Waals surface area contributed by atoms with Crippen molar-refractivity contribution in [2.24, 2.45) is 0 Å². The summed E-state index contributed by atoms with van der Waals surface area (Å²) in [7, 11) is 1.56. The fourth-order valence-corrected chi connectivity index (χ4v) is 4.35. The number of H-pyrrole nitrogens is 1. The minimum Gasteiger partial charge on any atom is -0.497 e. The van der Waals surface area contributed by atoms with E-state index in [0.717, 1.165) is 10.5 Å². The molecule has 1 aromatic heterocycles. The third-order valence-corrected chi connectivity index (χ3v) is 6.29. The number of imide groups is 1. The van der Waals surface area contributed by atoms with Gasteiger partial charge in [0.1, 0.15) is 11.4 Å². The van der Waals surface area contributed by atoms with E-state index in [1.165, 1.54) is 10.8 Å². The molecule has 0 spiro atoms. The Morgan fingerprint density at radius 2 is 1.73 bits per heavy atom. The van der Waals surface area contributed by atoms with Gasteiger partial charge < -0.3 is 10.1 Å². The smallest absolute Gasteiger partial charge is 0.329 e. The minimum absolute atomic E-state index is 0.00308. The molecular weight excluding hydrogens is 492 g/mol. The number of nitrogens with zero attached hydrogens (tertiary/aromatic N) is 2. The Balaban J connectivity index is 1.59. The highest BCUT2D eigenvalue weighted by molar-refractivity contribution is 6.30. The zero-order chi connectivity index (χ0) is 26.1.